The predicted octanol–water partition coefficient (Wildman–Crippen LogP) is 1.89. The maximum absolute atomic E-state index is 13.2. The summed E-state index contributed by atoms with van der Waals surface area (Å²) in [6.45, 7) is 6.41. The molecule has 1 saturated heterocycles. The fourth-order valence-corrected chi connectivity index (χ4v) is 4.25. The number of methoxy groups -OCH3 is 1. The van der Waals surface area contributed by atoms with Gasteiger partial charge in [-0.1, -0.05) is 11.6 Å². The molecule has 0 aliphatic carbocycles. The zero-order valence-corrected chi connectivity index (χ0v) is 20.7. The van der Waals surface area contributed by atoms with Crippen molar-refractivity contribution in [2.45, 2.75) is 20.4 Å². The van der Waals surface area contributed by atoms with Crippen molar-refractivity contribution in [3.63, 3.8) is 0 Å². The van der Waals surface area contributed by atoms with Gasteiger partial charge in [-0.2, -0.15) is 5.10 Å². The zero-order valence-electron chi connectivity index (χ0n) is 19.9. The normalized spacial score (nSPS) is 14.7. The fourth-order valence-electron chi connectivity index (χ4n) is 4.06. The van der Waals surface area contributed by atoms with E-state index in [0.717, 1.165) is 16.8 Å². The topological polar surface area (TPSA) is 127 Å². The van der Waals surface area contributed by atoms with Crippen molar-refractivity contribution in [1.29, 1.82) is 0 Å². The molecule has 0 unspecified atom stereocenters. The molecule has 0 bridgehead atoms. The first kappa shape index (κ1) is 24.4. The Labute approximate surface area is 208 Å². The number of anilines is 1. The van der Waals surface area contributed by atoms with Crippen LogP contribution in [0, 0.1) is 6.92 Å². The van der Waals surface area contributed by atoms with Crippen molar-refractivity contribution in [2.24, 2.45) is 10.8 Å². The molecule has 1 aliphatic rings. The maximum atomic E-state index is 13.2. The van der Waals surface area contributed by atoms with Crippen LogP contribution in [0.15, 0.2) is 41.9 Å². The van der Waals surface area contributed by atoms with Crippen molar-refractivity contribution in [1.82, 2.24) is 30.1 Å². The highest BCUT2D eigenvalue weighted by atomic mass is 35.5. The van der Waals surface area contributed by atoms with E-state index in [0.29, 0.717) is 54.0 Å². The molecule has 0 radical (unpaired) electrons. The molecule has 2 aromatic heterocycles. The third kappa shape index (κ3) is 5.20. The number of piperazine rings is 1. The molecule has 184 valence electrons. The van der Waals surface area contributed by atoms with Gasteiger partial charge in [0.1, 0.15) is 24.3 Å². The fraction of sp³-hybridized carbons (Fsp3) is 0.348. The van der Waals surface area contributed by atoms with Crippen LogP contribution >= 0.6 is 11.6 Å². The van der Waals surface area contributed by atoms with E-state index in [1.54, 1.807) is 18.0 Å². The lowest BCUT2D eigenvalue weighted by Gasteiger charge is -2.36. The van der Waals surface area contributed by atoms with Crippen LogP contribution in [0.4, 0.5) is 5.69 Å². The lowest BCUT2D eigenvalue weighted by Crippen LogP contribution is -2.49. The molecule has 1 fully saturated rings. The number of rotatable bonds is 7. The summed E-state index contributed by atoms with van der Waals surface area (Å²) in [5, 5.41) is 6.01. The largest absolute Gasteiger partial charge is 0.495 e. The number of benzene rings is 1. The first-order valence-corrected chi connectivity index (χ1v) is 11.5. The first-order chi connectivity index (χ1) is 16.9. The quantitative estimate of drug-likeness (QED) is 0.288. The van der Waals surface area contributed by atoms with Crippen LogP contribution in [0.25, 0.3) is 11.0 Å². The first-order valence-electron chi connectivity index (χ1n) is 11.1. The Kier molecular flexibility index (Phi) is 7.47. The van der Waals surface area contributed by atoms with Crippen molar-refractivity contribution < 1.29 is 9.53 Å². The van der Waals surface area contributed by atoms with Crippen molar-refractivity contribution in [3.05, 3.63) is 53.3 Å². The van der Waals surface area contributed by atoms with Crippen molar-refractivity contribution in [3.8, 4) is 5.75 Å². The number of hydrazine groups is 1. The minimum absolute atomic E-state index is 0.0210. The Morgan fingerprint density at radius 3 is 2.77 bits per heavy atom. The molecule has 0 saturated carbocycles. The van der Waals surface area contributed by atoms with Crippen LogP contribution in [0.1, 0.15) is 18.3 Å². The maximum Gasteiger partial charge on any atom is 0.244 e. The molecule has 4 rings (SSSR count). The summed E-state index contributed by atoms with van der Waals surface area (Å²) in [5.41, 5.74) is 6.09. The summed E-state index contributed by atoms with van der Waals surface area (Å²) in [6.07, 6.45) is 4.53. The van der Waals surface area contributed by atoms with Gasteiger partial charge < -0.3 is 20.0 Å². The van der Waals surface area contributed by atoms with E-state index in [9.17, 15) is 4.79 Å². The molecular formula is C23H28ClN9O2. The molecule has 1 aliphatic heterocycles. The summed E-state index contributed by atoms with van der Waals surface area (Å²) >= 11 is 6.15. The van der Waals surface area contributed by atoms with Gasteiger partial charge in [-0.3, -0.25) is 15.6 Å². The van der Waals surface area contributed by atoms with Crippen LogP contribution in [0.3, 0.4) is 0 Å². The monoisotopic (exact) mass is 497 g/mol. The van der Waals surface area contributed by atoms with Gasteiger partial charge in [-0.05, 0) is 26.0 Å². The summed E-state index contributed by atoms with van der Waals surface area (Å²) in [4.78, 5) is 30.3. The number of aryl methyl sites for hydroxylation is 1. The minimum Gasteiger partial charge on any atom is -0.495 e. The number of nitrogens with one attached hydrogen (secondary N) is 1. The minimum atomic E-state index is -0.0210. The number of carbonyl (C=O) groups excluding carboxylic acids is 1. The standard InChI is InChI=1S/C23H28ClN9O2/c1-15-21-22(16(2)26-6-7-29-25)30-33(23(21)28-14-27-15)13-20(34)32-10-8-31(9-11-32)17-4-5-18(24)19(12-17)35-3/h4-7,12,14,29H,8-11,13,25H2,1-3H3/b7-6-,26-16?. The number of carbonyl (C=O) groups is 1. The molecular weight excluding hydrogens is 470 g/mol. The molecule has 3 heterocycles. The SMILES string of the molecule is COc1cc(N2CCN(C(=O)Cn3nc(C(C)=N/C=C\NN)c4c(C)ncnc43)CC2)ccc1Cl. The van der Waals surface area contributed by atoms with E-state index in [1.807, 2.05) is 36.9 Å². The summed E-state index contributed by atoms with van der Waals surface area (Å²) in [5.74, 6) is 5.87. The smallest absolute Gasteiger partial charge is 0.244 e. The van der Waals surface area contributed by atoms with Crippen LogP contribution in [0.5, 0.6) is 5.75 Å². The van der Waals surface area contributed by atoms with E-state index in [2.05, 4.69) is 30.4 Å². The van der Waals surface area contributed by atoms with E-state index < -0.39 is 0 Å². The average Bonchev–Trinajstić information content (AvgIpc) is 3.24. The van der Waals surface area contributed by atoms with E-state index >= 15 is 0 Å². The number of ether oxygens (including phenoxy) is 1. The predicted molar refractivity (Wildman–Crippen MR) is 136 cm³/mol. The number of hydrogen-bond acceptors (Lipinski definition) is 9. The van der Waals surface area contributed by atoms with E-state index in [4.69, 9.17) is 22.2 Å². The Morgan fingerprint density at radius 2 is 2.06 bits per heavy atom. The third-order valence-electron chi connectivity index (χ3n) is 5.92. The van der Waals surface area contributed by atoms with Crippen LogP contribution < -0.4 is 20.9 Å². The van der Waals surface area contributed by atoms with Gasteiger partial charge in [0.15, 0.2) is 5.65 Å². The number of fused-ring (bicyclic) bond motifs is 1. The molecule has 35 heavy (non-hydrogen) atoms. The van der Waals surface area contributed by atoms with Gasteiger partial charge in [0.05, 0.1) is 28.9 Å². The zero-order chi connectivity index (χ0) is 24.9. The van der Waals surface area contributed by atoms with Gasteiger partial charge >= 0.3 is 0 Å². The van der Waals surface area contributed by atoms with Crippen LogP contribution in [-0.4, -0.2) is 69.6 Å². The molecule has 3 N–H and O–H groups in total. The number of amides is 1. The van der Waals surface area contributed by atoms with E-state index in [1.165, 1.54) is 12.5 Å². The van der Waals surface area contributed by atoms with Crippen LogP contribution in [0.2, 0.25) is 5.02 Å². The lowest BCUT2D eigenvalue weighted by atomic mass is 10.2. The highest BCUT2D eigenvalue weighted by Gasteiger charge is 2.24. The van der Waals surface area contributed by atoms with Gasteiger partial charge in [0, 0.05) is 50.3 Å². The second kappa shape index (κ2) is 10.7. The Bertz CT molecular complexity index is 1280. The van der Waals surface area contributed by atoms with Crippen molar-refractivity contribution in [2.75, 3.05) is 38.2 Å². The molecule has 3 aromatic rings. The number of aromatic nitrogens is 4. The number of hydrogen-bond donors (Lipinski definition) is 2. The molecule has 11 nitrogen and oxygen atoms in total. The molecule has 1 amide bonds. The van der Waals surface area contributed by atoms with Gasteiger partial charge in [0.25, 0.3) is 0 Å². The van der Waals surface area contributed by atoms with E-state index in [-0.39, 0.29) is 12.5 Å². The highest BCUT2D eigenvalue weighted by molar-refractivity contribution is 6.32. The molecule has 0 atom stereocenters. The molecule has 0 spiro atoms. The second-order valence-corrected chi connectivity index (χ2v) is 8.45. The second-order valence-electron chi connectivity index (χ2n) is 8.05. The number of nitrogens with zero attached hydrogens (tertiary/aromatic N) is 7. The number of halogens is 1. The third-order valence-corrected chi connectivity index (χ3v) is 6.23. The Hall–Kier alpha value is -3.70. The summed E-state index contributed by atoms with van der Waals surface area (Å²) in [6, 6.07) is 5.71. The van der Waals surface area contributed by atoms with Gasteiger partial charge in [-0.15, -0.1) is 0 Å². The van der Waals surface area contributed by atoms with Gasteiger partial charge in [-0.25, -0.2) is 14.6 Å². The highest BCUT2D eigenvalue weighted by Crippen LogP contribution is 2.30. The summed E-state index contributed by atoms with van der Waals surface area (Å²) < 4.78 is 6.95. The number of aliphatic imine (C=N–C) groups is 1. The Morgan fingerprint density at radius 1 is 1.29 bits per heavy atom. The Balaban J connectivity index is 1.49. The lowest BCUT2D eigenvalue weighted by molar-refractivity contribution is -0.132. The van der Waals surface area contributed by atoms with Crippen LogP contribution in [-0.2, 0) is 11.3 Å². The average molecular weight is 498 g/mol. The molecule has 12 heteroatoms. The summed E-state index contributed by atoms with van der Waals surface area (Å²) in [7, 11) is 1.60. The number of nitrogens with two attached hydrogens (primary N) is 1. The molecule has 1 aromatic carbocycles. The van der Waals surface area contributed by atoms with Gasteiger partial charge in [0.2, 0.25) is 5.91 Å². The van der Waals surface area contributed by atoms with Crippen molar-refractivity contribution >= 4 is 39.9 Å².